The van der Waals surface area contributed by atoms with Crippen LogP contribution in [0.5, 0.6) is 0 Å². The lowest BCUT2D eigenvalue weighted by Gasteiger charge is -2.31. The number of nitrogens with zero attached hydrogens (tertiary/aromatic N) is 3. The van der Waals surface area contributed by atoms with Crippen LogP contribution in [0.1, 0.15) is 118 Å². The summed E-state index contributed by atoms with van der Waals surface area (Å²) in [6.45, 7) is 7.01. The highest BCUT2D eigenvalue weighted by Gasteiger charge is 2.46. The van der Waals surface area contributed by atoms with Crippen molar-refractivity contribution in [3.05, 3.63) is 91.5 Å². The third kappa shape index (κ3) is 13.6. The van der Waals surface area contributed by atoms with Crippen LogP contribution in [0.25, 0.3) is 22.3 Å². The first-order chi connectivity index (χ1) is 40.4. The first-order valence-electron chi connectivity index (χ1n) is 28.1. The summed E-state index contributed by atoms with van der Waals surface area (Å²) in [7, 11) is 1.42. The molecule has 454 valence electrons. The number of urea groups is 1. The third-order valence-electron chi connectivity index (χ3n) is 15.8. The number of carbonyl (C=O) groups excluding carboxylic acids is 10. The SMILES string of the molecule is CC[C@@]1(O)C(=O)OCc2c1cc1n(c2=O)Cc2c-1nc1cc(F)c(C)c3c1c2[C@@H](NC(=O)OCc1ccc(NC(=O)[C@H](CCCNC(N)=O)NC(=O)[C@@H](NC(=O)[C@H](CCNC(=O)CCOC)NC(=O)CN2C(=O)CC(C)C2=O)C(C)C)cc1)CC3. The predicted octanol–water partition coefficient (Wildman–Crippen LogP) is 1.88. The second-order valence-electron chi connectivity index (χ2n) is 22.0. The maximum Gasteiger partial charge on any atom is 0.407 e. The van der Waals surface area contributed by atoms with Crippen LogP contribution >= 0.6 is 0 Å². The van der Waals surface area contributed by atoms with Crippen LogP contribution in [0.4, 0.5) is 19.7 Å². The molecule has 1 aliphatic carbocycles. The van der Waals surface area contributed by atoms with Crippen molar-refractivity contribution in [3.63, 3.8) is 0 Å². The number of imide groups is 1. The maximum absolute atomic E-state index is 15.5. The Morgan fingerprint density at radius 3 is 2.32 bits per heavy atom. The topological polar surface area (TPSA) is 367 Å². The number of likely N-dealkylation sites (tertiary alicyclic amines) is 1. The van der Waals surface area contributed by atoms with Crippen molar-refractivity contribution < 1.29 is 71.7 Å². The standard InChI is InChI=1S/C58H70FN11O15/c1-7-58(82)36-22-42-49-34(24-69(42)54(78)35(36)27-84-55(58)79)47-38(15-14-33-30(5)37(59)23-41(65-49)46(33)47)67-57(81)85-26-31-10-12-32(13-11-31)63-50(74)39(9-8-18-62-56(60)80)66-52(76)48(28(2)3)68-51(75)40(16-19-61-43(71)17-20-83-6)64-44(72)25-70-45(73)21-29(4)53(70)77/h10-13,22-23,28-29,38-40,48,82H,7-9,14-21,24-27H2,1-6H3,(H,61,71)(H,63,74)(H,64,72)(H,66,76)(H,67,81)(H,68,75)(H3,60,62,80)/t29?,38-,39-,40-,48-,58-/m0/s1. The van der Waals surface area contributed by atoms with E-state index in [-0.39, 0.29) is 94.8 Å². The first kappa shape index (κ1) is 62.2. The van der Waals surface area contributed by atoms with E-state index in [0.717, 1.165) is 4.90 Å². The molecule has 85 heavy (non-hydrogen) atoms. The second kappa shape index (κ2) is 26.4. The van der Waals surface area contributed by atoms with Gasteiger partial charge in [-0.1, -0.05) is 39.8 Å². The lowest BCUT2D eigenvalue weighted by molar-refractivity contribution is -0.172. The van der Waals surface area contributed by atoms with E-state index in [9.17, 15) is 57.8 Å². The smallest absolute Gasteiger partial charge is 0.407 e. The molecule has 8 rings (SSSR count). The van der Waals surface area contributed by atoms with E-state index in [1.165, 1.54) is 17.7 Å². The van der Waals surface area contributed by atoms with Gasteiger partial charge in [0.1, 0.15) is 43.7 Å². The monoisotopic (exact) mass is 1180 g/mol. The molecule has 10 N–H and O–H groups in total. The molecule has 10 amide bonds. The Kier molecular flexibility index (Phi) is 19.3. The quantitative estimate of drug-likeness (QED) is 0.0242. The summed E-state index contributed by atoms with van der Waals surface area (Å²) in [6, 6.07) is 3.76. The number of fused-ring (bicyclic) bond motifs is 5. The van der Waals surface area contributed by atoms with Crippen molar-refractivity contribution in [2.45, 2.75) is 136 Å². The van der Waals surface area contributed by atoms with Gasteiger partial charge in [0.25, 0.3) is 5.56 Å². The van der Waals surface area contributed by atoms with Crippen molar-refractivity contribution in [2.24, 2.45) is 17.6 Å². The van der Waals surface area contributed by atoms with Gasteiger partial charge in [0, 0.05) is 67.2 Å². The van der Waals surface area contributed by atoms with Crippen LogP contribution in [0.15, 0.2) is 41.2 Å². The number of ether oxygens (including phenoxy) is 3. The summed E-state index contributed by atoms with van der Waals surface area (Å²) in [5, 5.41) is 30.7. The first-order valence-corrected chi connectivity index (χ1v) is 28.1. The maximum atomic E-state index is 15.5. The number of carbonyl (C=O) groups is 10. The summed E-state index contributed by atoms with van der Waals surface area (Å²) < 4.78 is 32.8. The summed E-state index contributed by atoms with van der Waals surface area (Å²) >= 11 is 0. The van der Waals surface area contributed by atoms with Crippen LogP contribution in [0.2, 0.25) is 0 Å². The molecule has 0 radical (unpaired) electrons. The summed E-state index contributed by atoms with van der Waals surface area (Å²) in [5.74, 6) is -7.19. The van der Waals surface area contributed by atoms with Crippen molar-refractivity contribution in [1.82, 2.24) is 46.4 Å². The average Bonchev–Trinajstić information content (AvgIpc) is 1.70. The number of benzene rings is 2. The molecular formula is C58H70FN11O15. The summed E-state index contributed by atoms with van der Waals surface area (Å²) in [5.41, 5.74) is 7.10. The molecule has 2 aromatic heterocycles. The lowest BCUT2D eigenvalue weighted by atomic mass is 9.81. The number of primary amides is 1. The molecular weight excluding hydrogens is 1110 g/mol. The van der Waals surface area contributed by atoms with Gasteiger partial charge < -0.3 is 66.8 Å². The molecule has 0 spiro atoms. The van der Waals surface area contributed by atoms with E-state index in [1.807, 2.05) is 0 Å². The fourth-order valence-corrected chi connectivity index (χ4v) is 11.1. The largest absolute Gasteiger partial charge is 0.458 e. The van der Waals surface area contributed by atoms with Gasteiger partial charge in [0.15, 0.2) is 5.60 Å². The van der Waals surface area contributed by atoms with E-state index in [1.54, 1.807) is 65.0 Å². The highest BCUT2D eigenvalue weighted by atomic mass is 19.1. The molecule has 4 aromatic rings. The minimum absolute atomic E-state index is 0.0171. The molecule has 1 unspecified atom stereocenters. The van der Waals surface area contributed by atoms with Gasteiger partial charge in [0.05, 0.1) is 41.7 Å². The Bertz CT molecular complexity index is 3430. The van der Waals surface area contributed by atoms with Crippen LogP contribution in [0.3, 0.4) is 0 Å². The number of aliphatic hydroxyl groups is 1. The number of aromatic nitrogens is 2. The molecule has 6 atom stereocenters. The van der Waals surface area contributed by atoms with Gasteiger partial charge in [-0.15, -0.1) is 0 Å². The number of hydrogen-bond acceptors (Lipinski definition) is 16. The summed E-state index contributed by atoms with van der Waals surface area (Å²) in [4.78, 5) is 150. The zero-order chi connectivity index (χ0) is 61.6. The number of amides is 10. The predicted molar refractivity (Wildman–Crippen MR) is 301 cm³/mol. The van der Waals surface area contributed by atoms with Crippen LogP contribution in [-0.2, 0) is 84.3 Å². The van der Waals surface area contributed by atoms with Gasteiger partial charge in [-0.05, 0) is 91.8 Å². The Balaban J connectivity index is 0.927. The fraction of sp³-hybridized carbons (Fsp3) is 0.483. The van der Waals surface area contributed by atoms with Crippen LogP contribution < -0.4 is 48.5 Å². The number of alkyl carbamates (subject to hydrolysis) is 1. The van der Waals surface area contributed by atoms with Gasteiger partial charge >= 0.3 is 18.1 Å². The highest BCUT2D eigenvalue weighted by Crippen LogP contribution is 2.46. The lowest BCUT2D eigenvalue weighted by Crippen LogP contribution is -2.58. The molecule has 5 heterocycles. The fourth-order valence-electron chi connectivity index (χ4n) is 11.1. The van der Waals surface area contributed by atoms with Crippen molar-refractivity contribution in [3.8, 4) is 11.4 Å². The molecule has 4 aliphatic rings. The van der Waals surface area contributed by atoms with Crippen molar-refractivity contribution in [2.75, 3.05) is 38.7 Å². The molecule has 27 heteroatoms. The number of aryl methyl sites for hydroxylation is 1. The van der Waals surface area contributed by atoms with Crippen molar-refractivity contribution in [1.29, 1.82) is 0 Å². The van der Waals surface area contributed by atoms with E-state index in [4.69, 9.17) is 24.9 Å². The van der Waals surface area contributed by atoms with E-state index >= 15 is 4.39 Å². The number of cyclic esters (lactones) is 1. The van der Waals surface area contributed by atoms with Gasteiger partial charge in [-0.2, -0.15) is 0 Å². The summed E-state index contributed by atoms with van der Waals surface area (Å²) in [6.07, 6.45) is -0.185. The molecule has 1 fully saturated rings. The molecule has 0 saturated carbocycles. The molecule has 2 aromatic carbocycles. The number of rotatable bonds is 24. The molecule has 3 aliphatic heterocycles. The minimum Gasteiger partial charge on any atom is -0.458 e. The van der Waals surface area contributed by atoms with Gasteiger partial charge in [0.2, 0.25) is 41.4 Å². The second-order valence-corrected chi connectivity index (χ2v) is 22.0. The number of esters is 1. The number of anilines is 1. The number of nitrogens with one attached hydrogen (secondary N) is 7. The molecule has 26 nitrogen and oxygen atoms in total. The number of hydrogen-bond donors (Lipinski definition) is 9. The Morgan fingerprint density at radius 1 is 0.918 bits per heavy atom. The Labute approximate surface area is 487 Å². The van der Waals surface area contributed by atoms with Crippen molar-refractivity contribution >= 4 is 76.0 Å². The third-order valence-corrected chi connectivity index (χ3v) is 15.8. The zero-order valence-electron chi connectivity index (χ0n) is 48.0. The molecule has 1 saturated heterocycles. The molecule has 0 bridgehead atoms. The minimum atomic E-state index is -2.07. The number of halogens is 1. The average molecular weight is 1180 g/mol. The Morgan fingerprint density at radius 2 is 1.65 bits per heavy atom. The van der Waals surface area contributed by atoms with E-state index in [0.29, 0.717) is 62.9 Å². The highest BCUT2D eigenvalue weighted by molar-refractivity contribution is 6.06. The van der Waals surface area contributed by atoms with Crippen LogP contribution in [-0.4, -0.2) is 130 Å². The number of pyridine rings is 2. The zero-order valence-corrected chi connectivity index (χ0v) is 48.0. The normalized spacial score (nSPS) is 18.5. The number of nitrogens with two attached hydrogens (primary N) is 1. The van der Waals surface area contributed by atoms with Crippen LogP contribution in [0, 0.1) is 24.6 Å². The van der Waals surface area contributed by atoms with Gasteiger partial charge in [-0.3, -0.25) is 43.3 Å². The number of methoxy groups -OCH3 is 1. The van der Waals surface area contributed by atoms with Gasteiger partial charge in [-0.25, -0.2) is 23.8 Å². The van der Waals surface area contributed by atoms with E-state index in [2.05, 4.69) is 37.2 Å². The van der Waals surface area contributed by atoms with E-state index < -0.39 is 119 Å². The Hall–Kier alpha value is -8.85.